The lowest BCUT2D eigenvalue weighted by Gasteiger charge is -1.69. The summed E-state index contributed by atoms with van der Waals surface area (Å²) in [7, 11) is 0. The minimum absolute atomic E-state index is 0.782. The van der Waals surface area contributed by atoms with Crippen LogP contribution in [0.15, 0.2) is 29.4 Å². The minimum Gasteiger partial charge on any atom is -0.464 e. The summed E-state index contributed by atoms with van der Waals surface area (Å²) < 4.78 is 5.02. The molecule has 0 atom stereocenters. The lowest BCUT2D eigenvalue weighted by molar-refractivity contribution is 0.531. The van der Waals surface area contributed by atoms with Crippen LogP contribution < -0.4 is 10.6 Å². The molecule has 46 valence electrons. The Kier molecular flexibility index (Phi) is 1.54. The summed E-state index contributed by atoms with van der Waals surface area (Å²) in [5.41, 5.74) is 0.782. The summed E-state index contributed by atoms with van der Waals surface area (Å²) in [6, 6.07) is 1.81. The average Bonchev–Trinajstić information content (AvgIpc) is 2.18. The molecule has 0 aromatic carbocycles. The Morgan fingerprint density at radius 2 is 2.33 bits per heavy atom. The predicted molar refractivity (Wildman–Crippen MR) is 38.1 cm³/mol. The van der Waals surface area contributed by atoms with Crippen LogP contribution in [0.1, 0.15) is 0 Å². The number of hydrogen-bond acceptors (Lipinski definition) is 1. The van der Waals surface area contributed by atoms with Gasteiger partial charge in [-0.05, 0) is 12.1 Å². The third-order valence-electron chi connectivity index (χ3n) is 1.05. The van der Waals surface area contributed by atoms with Crippen molar-refractivity contribution in [2.45, 2.75) is 0 Å². The van der Waals surface area contributed by atoms with Gasteiger partial charge in [0.05, 0.1) is 6.26 Å². The molecule has 1 heteroatoms. The van der Waals surface area contributed by atoms with Crippen LogP contribution in [0.3, 0.4) is 0 Å². The monoisotopic (exact) mass is 120 g/mol. The molecule has 0 amide bonds. The molecule has 0 saturated heterocycles. The molecule has 1 rings (SSSR count). The van der Waals surface area contributed by atoms with Gasteiger partial charge in [-0.25, -0.2) is 0 Å². The SMILES string of the molecule is C=C/C=c1/occc1=C. The molecule has 1 nitrogen and oxygen atoms in total. The second-order valence-electron chi connectivity index (χ2n) is 1.71. The van der Waals surface area contributed by atoms with Gasteiger partial charge in [-0.15, -0.1) is 0 Å². The Morgan fingerprint density at radius 3 is 2.78 bits per heavy atom. The van der Waals surface area contributed by atoms with Gasteiger partial charge >= 0.3 is 0 Å². The third-order valence-corrected chi connectivity index (χ3v) is 1.05. The molecule has 1 heterocycles. The minimum atomic E-state index is 0.782. The number of rotatable bonds is 1. The number of furan rings is 1. The molecule has 0 aliphatic rings. The highest BCUT2D eigenvalue weighted by atomic mass is 16.3. The summed E-state index contributed by atoms with van der Waals surface area (Å²) in [5.74, 6) is 0. The van der Waals surface area contributed by atoms with Crippen molar-refractivity contribution in [1.82, 2.24) is 0 Å². The maximum absolute atomic E-state index is 5.02. The Labute approximate surface area is 53.6 Å². The molecule has 0 aliphatic carbocycles. The van der Waals surface area contributed by atoms with Gasteiger partial charge in [-0.2, -0.15) is 0 Å². The van der Waals surface area contributed by atoms with Crippen LogP contribution in [0, 0.1) is 0 Å². The molecular formula is C8H8O. The van der Waals surface area contributed by atoms with Crippen molar-refractivity contribution in [2.75, 3.05) is 0 Å². The molecule has 1 aromatic heterocycles. The first kappa shape index (κ1) is 5.89. The van der Waals surface area contributed by atoms with Crippen molar-refractivity contribution in [3.63, 3.8) is 0 Å². The van der Waals surface area contributed by atoms with Gasteiger partial charge in [0.15, 0.2) is 0 Å². The van der Waals surface area contributed by atoms with E-state index in [2.05, 4.69) is 13.2 Å². The first-order valence-electron chi connectivity index (χ1n) is 2.70. The summed E-state index contributed by atoms with van der Waals surface area (Å²) >= 11 is 0. The van der Waals surface area contributed by atoms with Crippen LogP contribution in [-0.4, -0.2) is 0 Å². The lowest BCUT2D eigenvalue weighted by Crippen LogP contribution is -2.15. The van der Waals surface area contributed by atoms with Gasteiger partial charge in [0.25, 0.3) is 0 Å². The van der Waals surface area contributed by atoms with Crippen LogP contribution in [0.4, 0.5) is 0 Å². The maximum Gasteiger partial charge on any atom is 0.133 e. The van der Waals surface area contributed by atoms with Crippen molar-refractivity contribution in [2.24, 2.45) is 0 Å². The summed E-state index contributed by atoms with van der Waals surface area (Å²) in [4.78, 5) is 0. The molecule has 0 radical (unpaired) electrons. The van der Waals surface area contributed by atoms with Crippen LogP contribution in [0.5, 0.6) is 0 Å². The summed E-state index contributed by atoms with van der Waals surface area (Å²) in [6.07, 6.45) is 5.06. The zero-order valence-corrected chi connectivity index (χ0v) is 5.13. The van der Waals surface area contributed by atoms with Crippen molar-refractivity contribution in [3.8, 4) is 0 Å². The molecule has 0 saturated carbocycles. The molecule has 0 spiro atoms. The maximum atomic E-state index is 5.02. The standard InChI is InChI=1S/C8H8O/c1-3-4-8-7(2)5-6-9-8/h3-6H,1-2H2/b8-4+. The van der Waals surface area contributed by atoms with E-state index in [-0.39, 0.29) is 0 Å². The van der Waals surface area contributed by atoms with E-state index in [1.54, 1.807) is 18.4 Å². The van der Waals surface area contributed by atoms with Crippen LogP contribution in [0.2, 0.25) is 0 Å². The predicted octanol–water partition coefficient (Wildman–Crippen LogP) is 0.656. The zero-order valence-electron chi connectivity index (χ0n) is 5.13. The van der Waals surface area contributed by atoms with Crippen LogP contribution in [0.25, 0.3) is 12.7 Å². The Morgan fingerprint density at radius 1 is 1.56 bits per heavy atom. The zero-order chi connectivity index (χ0) is 6.69. The van der Waals surface area contributed by atoms with Gasteiger partial charge in [-0.3, -0.25) is 0 Å². The average molecular weight is 120 g/mol. The van der Waals surface area contributed by atoms with Crippen molar-refractivity contribution < 1.29 is 4.42 Å². The lowest BCUT2D eigenvalue weighted by atomic mass is 10.4. The van der Waals surface area contributed by atoms with E-state index in [0.717, 1.165) is 10.6 Å². The van der Waals surface area contributed by atoms with Gasteiger partial charge in [0.1, 0.15) is 5.42 Å². The van der Waals surface area contributed by atoms with E-state index >= 15 is 0 Å². The number of allylic oxidation sites excluding steroid dienone is 1. The second kappa shape index (κ2) is 2.35. The van der Waals surface area contributed by atoms with Crippen molar-refractivity contribution in [1.29, 1.82) is 0 Å². The molecule has 0 fully saturated rings. The highest BCUT2D eigenvalue weighted by molar-refractivity contribution is 5.32. The fourth-order valence-corrected chi connectivity index (χ4v) is 0.601. The van der Waals surface area contributed by atoms with E-state index in [9.17, 15) is 0 Å². The van der Waals surface area contributed by atoms with Crippen LogP contribution >= 0.6 is 0 Å². The fraction of sp³-hybridized carbons (Fsp3) is 0. The topological polar surface area (TPSA) is 13.1 Å². The quantitative estimate of drug-likeness (QED) is 0.530. The van der Waals surface area contributed by atoms with Crippen LogP contribution in [-0.2, 0) is 0 Å². The fourth-order valence-electron chi connectivity index (χ4n) is 0.601. The van der Waals surface area contributed by atoms with Crippen molar-refractivity contribution in [3.05, 3.63) is 35.6 Å². The van der Waals surface area contributed by atoms with Gasteiger partial charge in [-0.1, -0.05) is 19.2 Å². The highest BCUT2D eigenvalue weighted by Gasteiger charge is 1.79. The van der Waals surface area contributed by atoms with E-state index in [4.69, 9.17) is 4.42 Å². The van der Waals surface area contributed by atoms with Gasteiger partial charge in [0.2, 0.25) is 0 Å². The van der Waals surface area contributed by atoms with E-state index < -0.39 is 0 Å². The molecule has 0 bridgehead atoms. The molecule has 0 aliphatic heterocycles. The number of hydrogen-bond donors (Lipinski definition) is 0. The molecule has 0 N–H and O–H groups in total. The first-order chi connectivity index (χ1) is 4.34. The first-order valence-corrected chi connectivity index (χ1v) is 2.70. The molecule has 9 heavy (non-hydrogen) atoms. The highest BCUT2D eigenvalue weighted by Crippen LogP contribution is 1.68. The van der Waals surface area contributed by atoms with E-state index in [1.165, 1.54) is 0 Å². The third kappa shape index (κ3) is 1.11. The second-order valence-corrected chi connectivity index (χ2v) is 1.71. The Balaban J connectivity index is 3.39. The van der Waals surface area contributed by atoms with Crippen molar-refractivity contribution >= 4 is 12.7 Å². The van der Waals surface area contributed by atoms with Gasteiger partial charge in [0, 0.05) is 5.22 Å². The molecular weight excluding hydrogens is 112 g/mol. The smallest absolute Gasteiger partial charge is 0.133 e. The van der Waals surface area contributed by atoms with E-state index in [1.807, 2.05) is 6.07 Å². The molecule has 0 unspecified atom stereocenters. The largest absolute Gasteiger partial charge is 0.464 e. The summed E-state index contributed by atoms with van der Waals surface area (Å²) in [5, 5.41) is 0.898. The summed E-state index contributed by atoms with van der Waals surface area (Å²) in [6.45, 7) is 7.26. The van der Waals surface area contributed by atoms with Gasteiger partial charge < -0.3 is 4.42 Å². The Hall–Kier alpha value is -1.24. The molecule has 1 aromatic rings. The van der Waals surface area contributed by atoms with E-state index in [0.29, 0.717) is 0 Å². The Bertz CT molecular complexity index is 293. The normalized spacial score (nSPS) is 11.8.